The summed E-state index contributed by atoms with van der Waals surface area (Å²) in [6.45, 7) is 1.60. The van der Waals surface area contributed by atoms with Gasteiger partial charge in [-0.1, -0.05) is 46.3 Å². The summed E-state index contributed by atoms with van der Waals surface area (Å²) < 4.78 is 26.4. The average molecular weight is 423 g/mol. The van der Waals surface area contributed by atoms with E-state index in [0.29, 0.717) is 5.69 Å². The number of anilines is 1. The summed E-state index contributed by atoms with van der Waals surface area (Å²) in [7, 11) is -2.30. The van der Waals surface area contributed by atoms with Gasteiger partial charge < -0.3 is 5.32 Å². The van der Waals surface area contributed by atoms with E-state index in [-0.39, 0.29) is 6.54 Å². The number of sulfonamides is 1. The fourth-order valence-corrected chi connectivity index (χ4v) is 3.39. The standard InChI is InChI=1S/C18H19BrN2O3S/c1-14-12-16(19)8-9-17(14)20-18(22)13-21(2)25(23,24)11-10-15-6-4-3-5-7-15/h3-12H,13H2,1-2H3,(H,20,22)/b11-10+. The summed E-state index contributed by atoms with van der Waals surface area (Å²) in [5.41, 5.74) is 2.31. The van der Waals surface area contributed by atoms with Crippen LogP contribution in [0.4, 0.5) is 5.69 Å². The van der Waals surface area contributed by atoms with Crippen molar-refractivity contribution in [3.8, 4) is 0 Å². The molecular weight excluding hydrogens is 404 g/mol. The van der Waals surface area contributed by atoms with Crippen LogP contribution >= 0.6 is 15.9 Å². The zero-order chi connectivity index (χ0) is 18.4. The fourth-order valence-electron chi connectivity index (χ4n) is 2.08. The van der Waals surface area contributed by atoms with Gasteiger partial charge in [0, 0.05) is 22.6 Å². The molecule has 0 aliphatic rings. The van der Waals surface area contributed by atoms with Gasteiger partial charge in [0.25, 0.3) is 0 Å². The molecule has 0 spiro atoms. The number of halogens is 1. The van der Waals surface area contributed by atoms with E-state index in [1.165, 1.54) is 13.1 Å². The Labute approximate surface area is 156 Å². The SMILES string of the molecule is Cc1cc(Br)ccc1NC(=O)CN(C)S(=O)(=O)/C=C/c1ccccc1. The molecule has 0 aromatic heterocycles. The molecular formula is C18H19BrN2O3S. The molecule has 5 nitrogen and oxygen atoms in total. The maximum atomic E-state index is 12.3. The molecule has 0 saturated carbocycles. The summed E-state index contributed by atoms with van der Waals surface area (Å²) in [4.78, 5) is 12.1. The molecule has 7 heteroatoms. The Bertz CT molecular complexity index is 880. The summed E-state index contributed by atoms with van der Waals surface area (Å²) in [6.07, 6.45) is 1.50. The number of amides is 1. The van der Waals surface area contributed by atoms with E-state index in [2.05, 4.69) is 21.2 Å². The Hall–Kier alpha value is -1.96. The van der Waals surface area contributed by atoms with Crippen molar-refractivity contribution in [2.45, 2.75) is 6.92 Å². The van der Waals surface area contributed by atoms with Crippen molar-refractivity contribution in [2.75, 3.05) is 18.9 Å². The lowest BCUT2D eigenvalue weighted by Gasteiger charge is -2.15. The van der Waals surface area contributed by atoms with E-state index in [4.69, 9.17) is 0 Å². The Morgan fingerprint density at radius 1 is 1.20 bits per heavy atom. The summed E-state index contributed by atoms with van der Waals surface area (Å²) in [5, 5.41) is 3.82. The monoisotopic (exact) mass is 422 g/mol. The van der Waals surface area contributed by atoms with Gasteiger partial charge in [0.15, 0.2) is 0 Å². The first kappa shape index (κ1) is 19.4. The molecule has 0 atom stereocenters. The largest absolute Gasteiger partial charge is 0.325 e. The highest BCUT2D eigenvalue weighted by molar-refractivity contribution is 9.10. The fraction of sp³-hybridized carbons (Fsp3) is 0.167. The normalized spacial score (nSPS) is 11.8. The minimum absolute atomic E-state index is 0.267. The quantitative estimate of drug-likeness (QED) is 0.772. The molecule has 2 rings (SSSR count). The topological polar surface area (TPSA) is 66.5 Å². The molecule has 1 N–H and O–H groups in total. The predicted octanol–water partition coefficient (Wildman–Crippen LogP) is 3.63. The van der Waals surface area contributed by atoms with Crippen molar-refractivity contribution < 1.29 is 13.2 Å². The Balaban J connectivity index is 2.01. The number of carbonyl (C=O) groups excluding carboxylic acids is 1. The molecule has 0 saturated heterocycles. The molecule has 0 fully saturated rings. The number of benzene rings is 2. The Kier molecular flexibility index (Phi) is 6.52. The molecule has 25 heavy (non-hydrogen) atoms. The smallest absolute Gasteiger partial charge is 0.239 e. The van der Waals surface area contributed by atoms with Crippen LogP contribution in [0, 0.1) is 6.92 Å². The molecule has 1 amide bonds. The number of likely N-dealkylation sites (N-methyl/N-ethyl adjacent to an activating group) is 1. The van der Waals surface area contributed by atoms with Crippen molar-refractivity contribution in [3.05, 3.63) is 69.5 Å². The van der Waals surface area contributed by atoms with Gasteiger partial charge >= 0.3 is 0 Å². The first-order valence-corrected chi connectivity index (χ1v) is 9.83. The lowest BCUT2D eigenvalue weighted by Crippen LogP contribution is -2.33. The third-order valence-electron chi connectivity index (χ3n) is 3.50. The molecule has 0 aliphatic heterocycles. The minimum Gasteiger partial charge on any atom is -0.325 e. The number of hydrogen-bond acceptors (Lipinski definition) is 3. The maximum Gasteiger partial charge on any atom is 0.239 e. The minimum atomic E-state index is -3.68. The van der Waals surface area contributed by atoms with E-state index >= 15 is 0 Å². The van der Waals surface area contributed by atoms with Gasteiger partial charge in [-0.15, -0.1) is 0 Å². The number of aryl methyl sites for hydroxylation is 1. The van der Waals surface area contributed by atoms with E-state index in [1.807, 2.05) is 37.3 Å². The van der Waals surface area contributed by atoms with Gasteiger partial charge in [0.2, 0.25) is 15.9 Å². The maximum absolute atomic E-state index is 12.3. The zero-order valence-corrected chi connectivity index (χ0v) is 16.3. The van der Waals surface area contributed by atoms with Crippen LogP contribution in [0.1, 0.15) is 11.1 Å². The zero-order valence-electron chi connectivity index (χ0n) is 13.9. The van der Waals surface area contributed by atoms with E-state index < -0.39 is 15.9 Å². The highest BCUT2D eigenvalue weighted by atomic mass is 79.9. The molecule has 2 aromatic carbocycles. The summed E-state index contributed by atoms with van der Waals surface area (Å²) in [5.74, 6) is -0.399. The van der Waals surface area contributed by atoms with E-state index in [9.17, 15) is 13.2 Å². The van der Waals surface area contributed by atoms with Crippen LogP contribution < -0.4 is 5.32 Å². The Morgan fingerprint density at radius 2 is 1.88 bits per heavy atom. The third-order valence-corrected chi connectivity index (χ3v) is 5.47. The highest BCUT2D eigenvalue weighted by Gasteiger charge is 2.18. The van der Waals surface area contributed by atoms with Crippen LogP contribution in [0.3, 0.4) is 0 Å². The molecule has 0 bridgehead atoms. The van der Waals surface area contributed by atoms with Gasteiger partial charge in [-0.05, 0) is 42.3 Å². The first-order valence-electron chi connectivity index (χ1n) is 7.53. The van der Waals surface area contributed by atoms with Crippen molar-refractivity contribution in [1.29, 1.82) is 0 Å². The third kappa shape index (κ3) is 5.81. The second-order valence-corrected chi connectivity index (χ2v) is 8.36. The molecule has 0 unspecified atom stereocenters. The second kappa shape index (κ2) is 8.42. The highest BCUT2D eigenvalue weighted by Crippen LogP contribution is 2.20. The average Bonchev–Trinajstić information content (AvgIpc) is 2.56. The first-order chi connectivity index (χ1) is 11.8. The van der Waals surface area contributed by atoms with Gasteiger partial charge in [-0.3, -0.25) is 4.79 Å². The van der Waals surface area contributed by atoms with Crippen molar-refractivity contribution in [3.63, 3.8) is 0 Å². The van der Waals surface area contributed by atoms with Crippen molar-refractivity contribution in [1.82, 2.24) is 4.31 Å². The van der Waals surface area contributed by atoms with Gasteiger partial charge in [-0.25, -0.2) is 8.42 Å². The van der Waals surface area contributed by atoms with Crippen LogP contribution in [0.5, 0.6) is 0 Å². The molecule has 0 heterocycles. The number of nitrogens with one attached hydrogen (secondary N) is 1. The number of carbonyl (C=O) groups is 1. The molecule has 0 aliphatic carbocycles. The van der Waals surface area contributed by atoms with Crippen LogP contribution in [0.25, 0.3) is 6.08 Å². The lowest BCUT2D eigenvalue weighted by atomic mass is 10.2. The van der Waals surface area contributed by atoms with Gasteiger partial charge in [0.1, 0.15) is 0 Å². The van der Waals surface area contributed by atoms with Crippen molar-refractivity contribution >= 4 is 43.6 Å². The molecule has 2 aromatic rings. The summed E-state index contributed by atoms with van der Waals surface area (Å²) in [6, 6.07) is 14.6. The van der Waals surface area contributed by atoms with Gasteiger partial charge in [0.05, 0.1) is 6.54 Å². The number of nitrogens with zero attached hydrogens (tertiary/aromatic N) is 1. The number of rotatable bonds is 6. The van der Waals surface area contributed by atoms with Crippen molar-refractivity contribution in [2.24, 2.45) is 0 Å². The van der Waals surface area contributed by atoms with Crippen LogP contribution in [-0.4, -0.2) is 32.2 Å². The van der Waals surface area contributed by atoms with E-state index in [0.717, 1.165) is 25.3 Å². The predicted molar refractivity (Wildman–Crippen MR) is 105 cm³/mol. The van der Waals surface area contributed by atoms with Crippen LogP contribution in [0.15, 0.2) is 58.4 Å². The van der Waals surface area contributed by atoms with Crippen LogP contribution in [0.2, 0.25) is 0 Å². The lowest BCUT2D eigenvalue weighted by molar-refractivity contribution is -0.116. The number of hydrogen-bond donors (Lipinski definition) is 1. The second-order valence-electron chi connectivity index (χ2n) is 5.52. The molecule has 132 valence electrons. The summed E-state index contributed by atoms with van der Waals surface area (Å²) >= 11 is 3.36. The van der Waals surface area contributed by atoms with Crippen LogP contribution in [-0.2, 0) is 14.8 Å². The molecule has 0 radical (unpaired) electrons. The Morgan fingerprint density at radius 3 is 2.52 bits per heavy atom. The van der Waals surface area contributed by atoms with E-state index in [1.54, 1.807) is 18.2 Å². The van der Waals surface area contributed by atoms with Gasteiger partial charge in [-0.2, -0.15) is 4.31 Å².